The number of rotatable bonds is 4. The molecule has 0 atom stereocenters. The molecule has 0 saturated heterocycles. The molecule has 7 nitrogen and oxygen atoms in total. The van der Waals surface area contributed by atoms with Crippen LogP contribution in [0, 0.1) is 6.92 Å². The van der Waals surface area contributed by atoms with Crippen LogP contribution in [-0.4, -0.2) is 37.6 Å². The van der Waals surface area contributed by atoms with E-state index in [1.807, 2.05) is 83.1 Å². The van der Waals surface area contributed by atoms with Crippen LogP contribution in [0.2, 0.25) is 0 Å². The number of aromatic nitrogens is 2. The van der Waals surface area contributed by atoms with Crippen molar-refractivity contribution >= 4 is 11.8 Å². The topological polar surface area (TPSA) is 79.5 Å². The minimum absolute atomic E-state index is 0.0417. The Balaban J connectivity index is 1.52. The van der Waals surface area contributed by atoms with Crippen molar-refractivity contribution in [1.82, 2.24) is 19.5 Å². The molecule has 1 aliphatic heterocycles. The quantitative estimate of drug-likeness (QED) is 0.371. The molecule has 33 heavy (non-hydrogen) atoms. The first-order chi connectivity index (χ1) is 16.1. The summed E-state index contributed by atoms with van der Waals surface area (Å²) < 4.78 is 4.07. The lowest BCUT2D eigenvalue weighted by molar-refractivity contribution is 0.0701. The molecular weight excluding hydrogens is 416 g/mol. The number of fused-ring (bicyclic) bond motifs is 1. The molecule has 5 rings (SSSR count). The predicted octanol–water partition coefficient (Wildman–Crippen LogP) is 4.03. The van der Waals surface area contributed by atoms with Crippen LogP contribution < -0.4 is 5.48 Å². The van der Waals surface area contributed by atoms with E-state index in [2.05, 4.69) is 4.57 Å². The lowest BCUT2D eigenvalue weighted by atomic mass is 10.1. The molecule has 2 amide bonds. The highest BCUT2D eigenvalue weighted by Gasteiger charge is 2.27. The van der Waals surface area contributed by atoms with E-state index in [9.17, 15) is 9.59 Å². The van der Waals surface area contributed by atoms with Crippen molar-refractivity contribution in [3.05, 3.63) is 102 Å². The van der Waals surface area contributed by atoms with Crippen molar-refractivity contribution in [2.75, 3.05) is 6.54 Å². The van der Waals surface area contributed by atoms with Crippen LogP contribution in [0.3, 0.4) is 0 Å². The van der Waals surface area contributed by atoms with Gasteiger partial charge in [-0.25, -0.2) is 5.48 Å². The van der Waals surface area contributed by atoms with Gasteiger partial charge in [-0.05, 0) is 36.8 Å². The van der Waals surface area contributed by atoms with Gasteiger partial charge in [-0.15, -0.1) is 0 Å². The maximum Gasteiger partial charge on any atom is 0.276 e. The summed E-state index contributed by atoms with van der Waals surface area (Å²) in [5, 5.41) is 8.91. The lowest BCUT2D eigenvalue weighted by Gasteiger charge is -2.28. The van der Waals surface area contributed by atoms with Crippen LogP contribution in [0.1, 0.15) is 32.1 Å². The molecule has 0 radical (unpaired) electrons. The van der Waals surface area contributed by atoms with E-state index in [0.717, 1.165) is 28.3 Å². The Morgan fingerprint density at radius 3 is 2.33 bits per heavy atom. The molecule has 1 aliphatic rings. The molecule has 7 heteroatoms. The molecule has 0 saturated carbocycles. The van der Waals surface area contributed by atoms with Gasteiger partial charge in [0.2, 0.25) is 0 Å². The standard InChI is InChI=1S/C26H24N4O3/c1-18-23(26(32)29-13-12-28-16-20(25(31)27-33)14-22(28)17-29)15-24(19-8-4-2-5-9-19)30(18)21-10-6-3-7-11-21/h2-11,14-16,33H,12-13,17H2,1H3,(H,27,31). The van der Waals surface area contributed by atoms with Gasteiger partial charge < -0.3 is 14.0 Å². The third-order valence-electron chi connectivity index (χ3n) is 6.16. The van der Waals surface area contributed by atoms with Crippen molar-refractivity contribution in [1.29, 1.82) is 0 Å². The Bertz CT molecular complexity index is 1320. The summed E-state index contributed by atoms with van der Waals surface area (Å²) in [6, 6.07) is 23.8. The van der Waals surface area contributed by atoms with E-state index in [-0.39, 0.29) is 5.91 Å². The molecule has 2 aromatic heterocycles. The predicted molar refractivity (Wildman–Crippen MR) is 124 cm³/mol. The fourth-order valence-electron chi connectivity index (χ4n) is 4.49. The van der Waals surface area contributed by atoms with E-state index in [1.165, 1.54) is 0 Å². The van der Waals surface area contributed by atoms with Crippen molar-refractivity contribution in [2.24, 2.45) is 0 Å². The maximum atomic E-state index is 13.6. The van der Waals surface area contributed by atoms with Gasteiger partial charge in [0.25, 0.3) is 11.8 Å². The Hall–Kier alpha value is -4.10. The van der Waals surface area contributed by atoms with Gasteiger partial charge in [-0.3, -0.25) is 14.8 Å². The highest BCUT2D eigenvalue weighted by atomic mass is 16.5. The molecule has 166 valence electrons. The second-order valence-corrected chi connectivity index (χ2v) is 8.15. The summed E-state index contributed by atoms with van der Waals surface area (Å²) in [5.41, 5.74) is 7.43. The average Bonchev–Trinajstić information content (AvgIpc) is 3.45. The molecule has 0 spiro atoms. The molecule has 0 fully saturated rings. The Kier molecular flexibility index (Phi) is 5.32. The van der Waals surface area contributed by atoms with Crippen LogP contribution in [-0.2, 0) is 13.1 Å². The van der Waals surface area contributed by atoms with Crippen molar-refractivity contribution in [3.8, 4) is 16.9 Å². The Morgan fingerprint density at radius 1 is 0.939 bits per heavy atom. The number of carbonyl (C=O) groups excluding carboxylic acids is 2. The molecule has 4 aromatic rings. The number of amides is 2. The summed E-state index contributed by atoms with van der Waals surface area (Å²) in [5.74, 6) is -0.599. The number of hydrogen-bond donors (Lipinski definition) is 2. The van der Waals surface area contributed by atoms with Gasteiger partial charge in [-0.2, -0.15) is 0 Å². The zero-order valence-electron chi connectivity index (χ0n) is 18.2. The molecule has 3 heterocycles. The first kappa shape index (κ1) is 20.8. The van der Waals surface area contributed by atoms with E-state index in [1.54, 1.807) is 17.7 Å². The number of carbonyl (C=O) groups is 2. The van der Waals surface area contributed by atoms with Gasteiger partial charge in [0, 0.05) is 36.4 Å². The number of para-hydroxylation sites is 1. The smallest absolute Gasteiger partial charge is 0.276 e. The second-order valence-electron chi connectivity index (χ2n) is 8.15. The minimum atomic E-state index is -0.557. The third-order valence-corrected chi connectivity index (χ3v) is 6.16. The SMILES string of the molecule is Cc1c(C(=O)N2CCn3cc(C(=O)NO)cc3C2)cc(-c2ccccc2)n1-c1ccccc1. The van der Waals surface area contributed by atoms with Gasteiger partial charge in [0.1, 0.15) is 0 Å². The van der Waals surface area contributed by atoms with E-state index >= 15 is 0 Å². The number of hydroxylamine groups is 1. The molecule has 0 bridgehead atoms. The van der Waals surface area contributed by atoms with Gasteiger partial charge in [0.15, 0.2) is 0 Å². The normalized spacial score (nSPS) is 13.0. The van der Waals surface area contributed by atoms with Crippen molar-refractivity contribution in [2.45, 2.75) is 20.0 Å². The summed E-state index contributed by atoms with van der Waals surface area (Å²) >= 11 is 0. The number of nitrogens with zero attached hydrogens (tertiary/aromatic N) is 3. The highest BCUT2D eigenvalue weighted by Crippen LogP contribution is 2.31. The average molecular weight is 441 g/mol. The van der Waals surface area contributed by atoms with Crippen molar-refractivity contribution in [3.63, 3.8) is 0 Å². The maximum absolute atomic E-state index is 13.6. The first-order valence-electron chi connectivity index (χ1n) is 10.8. The molecule has 2 N–H and O–H groups in total. The largest absolute Gasteiger partial charge is 0.347 e. The summed E-state index contributed by atoms with van der Waals surface area (Å²) in [6.45, 7) is 3.50. The van der Waals surface area contributed by atoms with Gasteiger partial charge >= 0.3 is 0 Å². The molecule has 2 aromatic carbocycles. The van der Waals surface area contributed by atoms with E-state index in [0.29, 0.717) is 30.8 Å². The fourth-order valence-corrected chi connectivity index (χ4v) is 4.49. The minimum Gasteiger partial charge on any atom is -0.347 e. The monoisotopic (exact) mass is 440 g/mol. The van der Waals surface area contributed by atoms with Gasteiger partial charge in [-0.1, -0.05) is 48.5 Å². The zero-order valence-corrected chi connectivity index (χ0v) is 18.2. The fraction of sp³-hybridized carbons (Fsp3) is 0.154. The lowest BCUT2D eigenvalue weighted by Crippen LogP contribution is -2.38. The van der Waals surface area contributed by atoms with Crippen LogP contribution in [0.25, 0.3) is 16.9 Å². The highest BCUT2D eigenvalue weighted by molar-refractivity contribution is 5.97. The van der Waals surface area contributed by atoms with E-state index < -0.39 is 5.91 Å². The van der Waals surface area contributed by atoms with Crippen LogP contribution in [0.5, 0.6) is 0 Å². The summed E-state index contributed by atoms with van der Waals surface area (Å²) in [6.07, 6.45) is 1.70. The third kappa shape index (κ3) is 3.72. The van der Waals surface area contributed by atoms with Crippen molar-refractivity contribution < 1.29 is 14.8 Å². The molecule has 0 unspecified atom stereocenters. The second kappa shape index (κ2) is 8.44. The van der Waals surface area contributed by atoms with Gasteiger partial charge in [0.05, 0.1) is 23.4 Å². The van der Waals surface area contributed by atoms with Crippen LogP contribution in [0.15, 0.2) is 79.0 Å². The number of nitrogens with one attached hydrogen (secondary N) is 1. The number of hydrogen-bond acceptors (Lipinski definition) is 3. The number of benzene rings is 2. The van der Waals surface area contributed by atoms with Crippen LogP contribution in [0.4, 0.5) is 0 Å². The summed E-state index contributed by atoms with van der Waals surface area (Å²) in [7, 11) is 0. The van der Waals surface area contributed by atoms with Crippen LogP contribution >= 0.6 is 0 Å². The first-order valence-corrected chi connectivity index (χ1v) is 10.8. The summed E-state index contributed by atoms with van der Waals surface area (Å²) in [4.78, 5) is 27.2. The molecule has 0 aliphatic carbocycles. The van der Waals surface area contributed by atoms with E-state index in [4.69, 9.17) is 5.21 Å². The Morgan fingerprint density at radius 2 is 1.64 bits per heavy atom. The molecular formula is C26H24N4O3. The Labute approximate surface area is 191 Å². The zero-order chi connectivity index (χ0) is 22.9.